The number of rotatable bonds is 0. The molecule has 2 aliphatic heterocycles. The zero-order valence-corrected chi connectivity index (χ0v) is 12.3. The van der Waals surface area contributed by atoms with Crippen LogP contribution in [0.1, 0.15) is 5.56 Å². The van der Waals surface area contributed by atoms with Gasteiger partial charge in [0.25, 0.3) is 0 Å². The van der Waals surface area contributed by atoms with Gasteiger partial charge >= 0.3 is 0 Å². The third-order valence-electron chi connectivity index (χ3n) is 4.58. The molecule has 108 valence electrons. The van der Waals surface area contributed by atoms with Crippen LogP contribution in [0.5, 0.6) is 11.5 Å². The average molecular weight is 289 g/mol. The molecule has 0 saturated carbocycles. The van der Waals surface area contributed by atoms with Gasteiger partial charge in [0, 0.05) is 24.5 Å². The fraction of sp³-hybridized carbons (Fsp3) is 0.158. The molecule has 0 saturated heterocycles. The molecule has 3 aromatic carbocycles. The normalized spacial score (nSPS) is 14.9. The number of hydrogen-bond donors (Lipinski definition) is 0. The first-order valence-corrected chi connectivity index (χ1v) is 7.47. The zero-order valence-electron chi connectivity index (χ0n) is 12.3. The van der Waals surface area contributed by atoms with Gasteiger partial charge < -0.3 is 14.4 Å². The van der Waals surface area contributed by atoms with Gasteiger partial charge in [-0.2, -0.15) is 0 Å². The Morgan fingerprint density at radius 2 is 1.73 bits per heavy atom. The lowest BCUT2D eigenvalue weighted by Gasteiger charge is -2.31. The first kappa shape index (κ1) is 11.9. The van der Waals surface area contributed by atoms with Crippen molar-refractivity contribution in [3.8, 4) is 22.6 Å². The Labute approximate surface area is 128 Å². The third kappa shape index (κ3) is 1.51. The summed E-state index contributed by atoms with van der Waals surface area (Å²) in [6.45, 7) is 1.20. The average Bonchev–Trinajstić information content (AvgIpc) is 3.00. The molecule has 0 unspecified atom stereocenters. The molecule has 5 rings (SSSR count). The smallest absolute Gasteiger partial charge is 0.231 e. The van der Waals surface area contributed by atoms with Crippen LogP contribution < -0.4 is 14.4 Å². The topological polar surface area (TPSA) is 21.7 Å². The van der Waals surface area contributed by atoms with Crippen molar-refractivity contribution in [1.29, 1.82) is 0 Å². The van der Waals surface area contributed by atoms with E-state index in [9.17, 15) is 0 Å². The van der Waals surface area contributed by atoms with Crippen LogP contribution in [0.25, 0.3) is 21.9 Å². The van der Waals surface area contributed by atoms with E-state index >= 15 is 0 Å². The lowest BCUT2D eigenvalue weighted by molar-refractivity contribution is 0.174. The van der Waals surface area contributed by atoms with E-state index in [1.165, 1.54) is 33.2 Å². The molecule has 0 bridgehead atoms. The van der Waals surface area contributed by atoms with Gasteiger partial charge in [0.2, 0.25) is 6.79 Å². The van der Waals surface area contributed by atoms with Crippen LogP contribution in [-0.4, -0.2) is 13.8 Å². The summed E-state index contributed by atoms with van der Waals surface area (Å²) in [6, 6.07) is 17.2. The van der Waals surface area contributed by atoms with Crippen LogP contribution >= 0.6 is 0 Å². The largest absolute Gasteiger partial charge is 0.454 e. The number of fused-ring (bicyclic) bond motifs is 6. The van der Waals surface area contributed by atoms with Crippen LogP contribution in [0.4, 0.5) is 5.69 Å². The Hall–Kier alpha value is -2.68. The standard InChI is InChI=1S/C19H15NO2/c1-20-10-13-8-17-18(22-11-21-17)9-16(13)15-7-6-12-4-2-3-5-14(12)19(15)20/h2-9H,10-11H2,1H3. The highest BCUT2D eigenvalue weighted by atomic mass is 16.7. The SMILES string of the molecule is CN1Cc2cc3c(cc2-c2ccc4ccccc4c21)OCO3. The van der Waals surface area contributed by atoms with Crippen LogP contribution in [0.2, 0.25) is 0 Å². The van der Waals surface area contributed by atoms with E-state index in [0.29, 0.717) is 6.79 Å². The number of nitrogens with zero attached hydrogens (tertiary/aromatic N) is 1. The fourth-order valence-electron chi connectivity index (χ4n) is 3.58. The summed E-state index contributed by atoms with van der Waals surface area (Å²) in [5.41, 5.74) is 5.10. The molecular weight excluding hydrogens is 274 g/mol. The summed E-state index contributed by atoms with van der Waals surface area (Å²) in [7, 11) is 2.15. The summed E-state index contributed by atoms with van der Waals surface area (Å²) in [5, 5.41) is 2.57. The Morgan fingerprint density at radius 1 is 0.909 bits per heavy atom. The van der Waals surface area contributed by atoms with Crippen molar-refractivity contribution in [2.75, 3.05) is 18.7 Å². The molecule has 2 heterocycles. The molecule has 3 nitrogen and oxygen atoms in total. The second kappa shape index (κ2) is 4.17. The Balaban J connectivity index is 1.84. The molecule has 0 spiro atoms. The highest BCUT2D eigenvalue weighted by Gasteiger charge is 2.25. The molecule has 0 fully saturated rings. The fourth-order valence-corrected chi connectivity index (χ4v) is 3.58. The summed E-state index contributed by atoms with van der Waals surface area (Å²) in [6.07, 6.45) is 0. The molecule has 0 aliphatic carbocycles. The highest BCUT2D eigenvalue weighted by molar-refractivity contribution is 6.03. The maximum atomic E-state index is 5.56. The van der Waals surface area contributed by atoms with E-state index in [1.54, 1.807) is 0 Å². The van der Waals surface area contributed by atoms with Gasteiger partial charge in [0.1, 0.15) is 0 Å². The minimum absolute atomic E-state index is 0.318. The lowest BCUT2D eigenvalue weighted by Crippen LogP contribution is -2.21. The van der Waals surface area contributed by atoms with Crippen molar-refractivity contribution >= 4 is 16.5 Å². The van der Waals surface area contributed by atoms with Gasteiger partial charge in [-0.05, 0) is 28.6 Å². The zero-order chi connectivity index (χ0) is 14.7. The predicted octanol–water partition coefficient (Wildman–Crippen LogP) is 4.19. The van der Waals surface area contributed by atoms with Gasteiger partial charge in [-0.25, -0.2) is 0 Å². The maximum absolute atomic E-state index is 5.56. The van der Waals surface area contributed by atoms with Gasteiger partial charge in [-0.3, -0.25) is 0 Å². The molecule has 0 atom stereocenters. The highest BCUT2D eigenvalue weighted by Crippen LogP contribution is 2.47. The van der Waals surface area contributed by atoms with Crippen molar-refractivity contribution in [3.63, 3.8) is 0 Å². The predicted molar refractivity (Wildman–Crippen MR) is 87.6 cm³/mol. The third-order valence-corrected chi connectivity index (χ3v) is 4.58. The molecule has 0 radical (unpaired) electrons. The minimum atomic E-state index is 0.318. The van der Waals surface area contributed by atoms with Crippen LogP contribution in [-0.2, 0) is 6.54 Å². The van der Waals surface area contributed by atoms with Crippen LogP contribution in [0.15, 0.2) is 48.5 Å². The molecule has 2 aliphatic rings. The molecular formula is C19H15NO2. The van der Waals surface area contributed by atoms with Crippen molar-refractivity contribution in [1.82, 2.24) is 0 Å². The van der Waals surface area contributed by atoms with E-state index in [1.807, 2.05) is 0 Å². The quantitative estimate of drug-likeness (QED) is 0.619. The molecule has 3 heteroatoms. The maximum Gasteiger partial charge on any atom is 0.231 e. The first-order chi connectivity index (χ1) is 10.8. The Bertz CT molecular complexity index is 917. The molecule has 0 amide bonds. The molecule has 0 aromatic heterocycles. The van der Waals surface area contributed by atoms with E-state index in [2.05, 4.69) is 60.5 Å². The number of benzene rings is 3. The van der Waals surface area contributed by atoms with E-state index in [4.69, 9.17) is 9.47 Å². The van der Waals surface area contributed by atoms with Gasteiger partial charge in [0.05, 0.1) is 5.69 Å². The van der Waals surface area contributed by atoms with Crippen molar-refractivity contribution in [2.24, 2.45) is 0 Å². The van der Waals surface area contributed by atoms with E-state index < -0.39 is 0 Å². The second-order valence-corrected chi connectivity index (χ2v) is 5.90. The number of hydrogen-bond acceptors (Lipinski definition) is 3. The van der Waals surface area contributed by atoms with Gasteiger partial charge in [-0.15, -0.1) is 0 Å². The van der Waals surface area contributed by atoms with Gasteiger partial charge in [0.15, 0.2) is 11.5 Å². The Morgan fingerprint density at radius 3 is 2.64 bits per heavy atom. The Kier molecular flexibility index (Phi) is 2.26. The second-order valence-electron chi connectivity index (χ2n) is 5.90. The summed E-state index contributed by atoms with van der Waals surface area (Å²) in [5.74, 6) is 1.71. The first-order valence-electron chi connectivity index (χ1n) is 7.47. The monoisotopic (exact) mass is 289 g/mol. The molecule has 22 heavy (non-hydrogen) atoms. The van der Waals surface area contributed by atoms with Crippen LogP contribution in [0, 0.1) is 0 Å². The van der Waals surface area contributed by atoms with E-state index in [-0.39, 0.29) is 0 Å². The van der Waals surface area contributed by atoms with Crippen molar-refractivity contribution in [2.45, 2.75) is 6.54 Å². The summed E-state index contributed by atoms with van der Waals surface area (Å²) < 4.78 is 11.1. The van der Waals surface area contributed by atoms with Gasteiger partial charge in [-0.1, -0.05) is 36.4 Å². The van der Waals surface area contributed by atoms with Crippen molar-refractivity contribution in [3.05, 3.63) is 54.1 Å². The summed E-state index contributed by atoms with van der Waals surface area (Å²) in [4.78, 5) is 2.32. The summed E-state index contributed by atoms with van der Waals surface area (Å²) >= 11 is 0. The van der Waals surface area contributed by atoms with Crippen molar-refractivity contribution < 1.29 is 9.47 Å². The van der Waals surface area contributed by atoms with E-state index in [0.717, 1.165) is 18.0 Å². The molecule has 0 N–H and O–H groups in total. The number of anilines is 1. The minimum Gasteiger partial charge on any atom is -0.454 e. The van der Waals surface area contributed by atoms with Crippen LogP contribution in [0.3, 0.4) is 0 Å². The lowest BCUT2D eigenvalue weighted by atomic mass is 9.90. The molecule has 3 aromatic rings. The number of ether oxygens (including phenoxy) is 2.